The van der Waals surface area contributed by atoms with Crippen molar-refractivity contribution >= 4 is 32.4 Å². The second-order valence-electron chi connectivity index (χ2n) is 8.82. The lowest BCUT2D eigenvalue weighted by Gasteiger charge is -2.21. The van der Waals surface area contributed by atoms with Crippen molar-refractivity contribution in [3.63, 3.8) is 0 Å². The minimum absolute atomic E-state index is 0. The fourth-order valence-electron chi connectivity index (χ4n) is 5.42. The molecule has 5 nitrogen and oxygen atoms in total. The molecule has 0 bridgehead atoms. The Morgan fingerprint density at radius 3 is 2.50 bits per heavy atom. The molecule has 6 rings (SSSR count). The van der Waals surface area contributed by atoms with Crippen LogP contribution in [0.1, 0.15) is 25.1 Å². The van der Waals surface area contributed by atoms with Crippen LogP contribution in [0.3, 0.4) is 0 Å². The first-order valence-electron chi connectivity index (χ1n) is 10.9. The van der Waals surface area contributed by atoms with Gasteiger partial charge in [0.1, 0.15) is 0 Å². The van der Waals surface area contributed by atoms with Gasteiger partial charge in [0, 0.05) is 23.6 Å². The number of hydrogen-bond donors (Lipinski definition) is 0. The summed E-state index contributed by atoms with van der Waals surface area (Å²) in [6, 6.07) is 10.8. The number of fused-ring (bicyclic) bond motifs is 4. The average molecular weight is 496 g/mol. The van der Waals surface area contributed by atoms with Gasteiger partial charge >= 0.3 is 0 Å². The largest absolute Gasteiger partial charge is 1.00 e. The first kappa shape index (κ1) is 21.1. The molecule has 0 unspecified atom stereocenters. The molecule has 2 aliphatic heterocycles. The van der Waals surface area contributed by atoms with E-state index in [0.29, 0.717) is 12.7 Å². The molecule has 32 heavy (non-hydrogen) atoms. The smallest absolute Gasteiger partial charge is 0.231 e. The Bertz CT molecular complexity index is 1400. The summed E-state index contributed by atoms with van der Waals surface area (Å²) in [7, 11) is 3.43. The minimum atomic E-state index is 0. The van der Waals surface area contributed by atoms with Crippen LogP contribution in [-0.4, -0.2) is 21.0 Å². The number of methoxy groups -OCH3 is 2. The van der Waals surface area contributed by atoms with E-state index in [-0.39, 0.29) is 17.0 Å². The topological polar surface area (TPSA) is 40.8 Å². The summed E-state index contributed by atoms with van der Waals surface area (Å²) in [4.78, 5) is 0. The van der Waals surface area contributed by atoms with Crippen molar-refractivity contribution in [1.29, 1.82) is 0 Å². The molecular formula is C26H26BrNO4. The maximum Gasteiger partial charge on any atom is 0.231 e. The first-order chi connectivity index (χ1) is 15.1. The Kier molecular flexibility index (Phi) is 5.08. The second kappa shape index (κ2) is 7.69. The van der Waals surface area contributed by atoms with E-state index in [0.717, 1.165) is 53.2 Å². The zero-order valence-corrected chi connectivity index (χ0v) is 20.3. The van der Waals surface area contributed by atoms with Crippen molar-refractivity contribution in [2.24, 2.45) is 5.92 Å². The second-order valence-corrected chi connectivity index (χ2v) is 8.82. The Morgan fingerprint density at radius 1 is 0.969 bits per heavy atom. The van der Waals surface area contributed by atoms with Crippen molar-refractivity contribution in [2.45, 2.75) is 33.2 Å². The first-order valence-corrected chi connectivity index (χ1v) is 10.9. The number of nitrogens with zero attached hydrogens (tertiary/aromatic N) is 1. The lowest BCUT2D eigenvalue weighted by Crippen LogP contribution is -3.00. The van der Waals surface area contributed by atoms with Crippen LogP contribution >= 0.6 is 0 Å². The van der Waals surface area contributed by atoms with E-state index >= 15 is 0 Å². The van der Waals surface area contributed by atoms with Crippen LogP contribution in [0.5, 0.6) is 23.0 Å². The predicted molar refractivity (Wildman–Crippen MR) is 121 cm³/mol. The third-order valence-corrected chi connectivity index (χ3v) is 6.62. The number of hydrogen-bond acceptors (Lipinski definition) is 4. The van der Waals surface area contributed by atoms with Gasteiger partial charge in [0.25, 0.3) is 0 Å². The number of benzene rings is 3. The van der Waals surface area contributed by atoms with E-state index in [9.17, 15) is 0 Å². The van der Waals surface area contributed by atoms with Gasteiger partial charge in [0.15, 0.2) is 35.2 Å². The van der Waals surface area contributed by atoms with Crippen LogP contribution < -0.4 is 40.5 Å². The van der Waals surface area contributed by atoms with E-state index in [4.69, 9.17) is 18.9 Å². The van der Waals surface area contributed by atoms with Gasteiger partial charge in [-0.1, -0.05) is 13.8 Å². The van der Waals surface area contributed by atoms with Gasteiger partial charge in [-0.05, 0) is 41.8 Å². The van der Waals surface area contributed by atoms with E-state index in [1.54, 1.807) is 14.2 Å². The van der Waals surface area contributed by atoms with Crippen molar-refractivity contribution < 1.29 is 40.5 Å². The van der Waals surface area contributed by atoms with Gasteiger partial charge in [-0.25, -0.2) is 0 Å². The van der Waals surface area contributed by atoms with Gasteiger partial charge in [0.2, 0.25) is 12.3 Å². The van der Waals surface area contributed by atoms with Crippen LogP contribution in [0.15, 0.2) is 30.3 Å². The summed E-state index contributed by atoms with van der Waals surface area (Å²) in [5.41, 5.74) is 3.93. The summed E-state index contributed by atoms with van der Waals surface area (Å²) < 4.78 is 25.7. The highest BCUT2D eigenvalue weighted by Crippen LogP contribution is 2.47. The Hall–Kier alpha value is -2.73. The molecule has 6 heteroatoms. The number of aromatic nitrogens is 1. The highest BCUT2D eigenvalue weighted by molar-refractivity contribution is 6.17. The summed E-state index contributed by atoms with van der Waals surface area (Å²) in [5, 5.41) is 6.02. The van der Waals surface area contributed by atoms with Gasteiger partial charge in [0.05, 0.1) is 30.4 Å². The highest BCUT2D eigenvalue weighted by atomic mass is 79.9. The lowest BCUT2D eigenvalue weighted by atomic mass is 9.90. The van der Waals surface area contributed by atoms with Crippen LogP contribution in [0.25, 0.3) is 32.4 Å². The van der Waals surface area contributed by atoms with Crippen LogP contribution in [0.4, 0.5) is 0 Å². The van der Waals surface area contributed by atoms with Crippen LogP contribution in [0.2, 0.25) is 0 Å². The van der Waals surface area contributed by atoms with Crippen molar-refractivity contribution in [3.8, 4) is 23.0 Å². The molecule has 1 aromatic heterocycles. The molecule has 3 aromatic carbocycles. The molecule has 0 radical (unpaired) electrons. The maximum absolute atomic E-state index is 5.91. The quantitative estimate of drug-likeness (QED) is 0.320. The van der Waals surface area contributed by atoms with Crippen molar-refractivity contribution in [3.05, 3.63) is 41.6 Å². The fourth-order valence-corrected chi connectivity index (χ4v) is 5.42. The third kappa shape index (κ3) is 2.78. The molecule has 0 atom stereocenters. The molecule has 2 aliphatic rings. The molecule has 0 saturated carbocycles. The number of aryl methyl sites for hydroxylation is 2. The molecule has 166 valence electrons. The minimum Gasteiger partial charge on any atom is -1.00 e. The molecule has 0 aliphatic carbocycles. The molecule has 0 amide bonds. The van der Waals surface area contributed by atoms with E-state index < -0.39 is 0 Å². The Morgan fingerprint density at radius 2 is 1.75 bits per heavy atom. The molecule has 0 spiro atoms. The van der Waals surface area contributed by atoms with E-state index in [1.165, 1.54) is 32.9 Å². The summed E-state index contributed by atoms with van der Waals surface area (Å²) >= 11 is 0. The lowest BCUT2D eigenvalue weighted by molar-refractivity contribution is -0.677. The van der Waals surface area contributed by atoms with Gasteiger partial charge in [-0.2, -0.15) is 4.57 Å². The number of rotatable bonds is 4. The van der Waals surface area contributed by atoms with E-state index in [2.05, 4.69) is 42.7 Å². The number of pyridine rings is 1. The molecule has 0 saturated heterocycles. The third-order valence-electron chi connectivity index (χ3n) is 6.62. The summed E-state index contributed by atoms with van der Waals surface area (Å²) in [6.45, 7) is 5.76. The molecule has 4 aromatic rings. The number of halogens is 1. The maximum atomic E-state index is 5.91. The summed E-state index contributed by atoms with van der Waals surface area (Å²) in [6.07, 6.45) is 1.93. The average Bonchev–Trinajstić information content (AvgIpc) is 3.25. The fraction of sp³-hybridized carbons (Fsp3) is 0.346. The van der Waals surface area contributed by atoms with Crippen molar-refractivity contribution in [1.82, 2.24) is 0 Å². The normalized spacial score (nSPS) is 13.9. The Balaban J connectivity index is 0.00000216. The number of ether oxygens (including phenoxy) is 4. The van der Waals surface area contributed by atoms with Crippen molar-refractivity contribution in [2.75, 3.05) is 21.0 Å². The zero-order valence-electron chi connectivity index (χ0n) is 18.8. The molecule has 3 heterocycles. The zero-order chi connectivity index (χ0) is 21.3. The van der Waals surface area contributed by atoms with Gasteiger partial charge in [-0.3, -0.25) is 0 Å². The van der Waals surface area contributed by atoms with Gasteiger partial charge in [-0.15, -0.1) is 0 Å². The predicted octanol–water partition coefficient (Wildman–Crippen LogP) is 1.94. The van der Waals surface area contributed by atoms with Crippen LogP contribution in [0, 0.1) is 5.92 Å². The molecule has 0 N–H and O–H groups in total. The Labute approximate surface area is 197 Å². The van der Waals surface area contributed by atoms with Gasteiger partial charge < -0.3 is 35.9 Å². The SMILES string of the molecule is COc1ccc2c(c1OC)c(CC(C)C)[n+]1c3c2ccc2c4c(cc(c23)CC1)OCO4.[Br-]. The standard InChI is InChI=1S/C26H26NO4.BrH/c1-14(2)11-19-23-16(7-8-20(28-3)26(23)29-4)17-5-6-18-22-15(9-10-27(19)24(17)22)12-21-25(18)31-13-30-21;/h5-8,12,14H,9-11,13H2,1-4H3;1H/q+1;/p-1. The highest BCUT2D eigenvalue weighted by Gasteiger charge is 2.33. The van der Waals surface area contributed by atoms with E-state index in [1.807, 2.05) is 6.07 Å². The molecular weight excluding hydrogens is 470 g/mol. The molecule has 0 fully saturated rings. The van der Waals surface area contributed by atoms with Crippen LogP contribution in [-0.2, 0) is 19.4 Å². The summed E-state index contributed by atoms with van der Waals surface area (Å²) in [5.74, 6) is 3.83. The monoisotopic (exact) mass is 495 g/mol.